The first-order valence-electron chi connectivity index (χ1n) is 9.22. The fourth-order valence-corrected chi connectivity index (χ4v) is 5.41. The Kier molecular flexibility index (Phi) is 7.02. The number of hydrogen-bond acceptors (Lipinski definition) is 5. The number of rotatable bonds is 6. The van der Waals surface area contributed by atoms with Gasteiger partial charge in [-0.25, -0.2) is 17.9 Å². The average molecular weight is 471 g/mol. The molecule has 160 valence electrons. The molecule has 30 heavy (non-hydrogen) atoms. The molecule has 0 spiro atoms. The molecular weight excluding hydrogens is 451 g/mol. The highest BCUT2D eigenvalue weighted by Crippen LogP contribution is 2.30. The number of esters is 1. The Morgan fingerprint density at radius 1 is 1.03 bits per heavy atom. The average Bonchev–Trinajstić information content (AvgIpc) is 3.19. The van der Waals surface area contributed by atoms with E-state index >= 15 is 0 Å². The summed E-state index contributed by atoms with van der Waals surface area (Å²) in [6, 6.07) is 8.29. The summed E-state index contributed by atoms with van der Waals surface area (Å²) in [7, 11) is -2.64. The molecule has 0 unspecified atom stereocenters. The zero-order valence-corrected chi connectivity index (χ0v) is 18.4. The fourth-order valence-electron chi connectivity index (χ4n) is 3.24. The molecule has 1 aliphatic carbocycles. The van der Waals surface area contributed by atoms with Crippen molar-refractivity contribution in [2.45, 2.75) is 36.6 Å². The van der Waals surface area contributed by atoms with Crippen LogP contribution in [0.25, 0.3) is 0 Å². The van der Waals surface area contributed by atoms with E-state index < -0.39 is 21.9 Å². The molecule has 0 radical (unpaired) electrons. The van der Waals surface area contributed by atoms with Crippen LogP contribution in [-0.4, -0.2) is 33.4 Å². The molecule has 0 aliphatic heterocycles. The predicted molar refractivity (Wildman–Crippen MR) is 115 cm³/mol. The molecule has 2 N–H and O–H groups in total. The summed E-state index contributed by atoms with van der Waals surface area (Å²) in [5.74, 6) is -1.11. The van der Waals surface area contributed by atoms with Crippen LogP contribution in [0.15, 0.2) is 41.3 Å². The minimum Gasteiger partial charge on any atom is -0.465 e. The van der Waals surface area contributed by atoms with Crippen molar-refractivity contribution in [3.05, 3.63) is 57.6 Å². The summed E-state index contributed by atoms with van der Waals surface area (Å²) in [5.41, 5.74) is 0.684. The molecule has 0 heterocycles. The van der Waals surface area contributed by atoms with Crippen LogP contribution in [0.2, 0.25) is 10.0 Å². The molecule has 1 saturated carbocycles. The van der Waals surface area contributed by atoms with E-state index in [1.54, 1.807) is 0 Å². The maximum absolute atomic E-state index is 12.8. The van der Waals surface area contributed by atoms with E-state index in [-0.39, 0.29) is 26.5 Å². The Hall–Kier alpha value is -2.13. The lowest BCUT2D eigenvalue weighted by molar-refractivity contribution is 0.0600. The fraction of sp³-hybridized carbons (Fsp3) is 0.300. The molecule has 1 fully saturated rings. The van der Waals surface area contributed by atoms with Gasteiger partial charge in [0.05, 0.1) is 28.3 Å². The highest BCUT2D eigenvalue weighted by Gasteiger charge is 2.27. The Balaban J connectivity index is 1.84. The quantitative estimate of drug-likeness (QED) is 0.614. The molecule has 0 aromatic heterocycles. The van der Waals surface area contributed by atoms with Crippen molar-refractivity contribution in [1.82, 2.24) is 4.72 Å². The maximum Gasteiger partial charge on any atom is 0.337 e. The Labute approximate surface area is 184 Å². The van der Waals surface area contributed by atoms with Gasteiger partial charge in [0.1, 0.15) is 4.90 Å². The number of amides is 1. The van der Waals surface area contributed by atoms with E-state index in [9.17, 15) is 18.0 Å². The zero-order valence-electron chi connectivity index (χ0n) is 16.1. The van der Waals surface area contributed by atoms with E-state index in [0.717, 1.165) is 25.7 Å². The van der Waals surface area contributed by atoms with Crippen molar-refractivity contribution < 1.29 is 22.7 Å². The van der Waals surface area contributed by atoms with Gasteiger partial charge >= 0.3 is 5.97 Å². The second-order valence-electron chi connectivity index (χ2n) is 6.89. The summed E-state index contributed by atoms with van der Waals surface area (Å²) in [6.45, 7) is 0. The van der Waals surface area contributed by atoms with Gasteiger partial charge in [-0.3, -0.25) is 4.79 Å². The van der Waals surface area contributed by atoms with Crippen molar-refractivity contribution in [2.24, 2.45) is 0 Å². The van der Waals surface area contributed by atoms with Crippen molar-refractivity contribution in [3.63, 3.8) is 0 Å². The molecule has 2 aromatic rings. The van der Waals surface area contributed by atoms with Gasteiger partial charge in [-0.05, 0) is 49.2 Å². The number of hydrogen-bond donors (Lipinski definition) is 2. The Morgan fingerprint density at radius 2 is 1.67 bits per heavy atom. The molecule has 2 aromatic carbocycles. The third-order valence-corrected chi connectivity index (χ3v) is 7.09. The number of ether oxygens (including phenoxy) is 1. The molecule has 0 atom stereocenters. The van der Waals surface area contributed by atoms with Crippen molar-refractivity contribution in [3.8, 4) is 0 Å². The van der Waals surface area contributed by atoms with Crippen LogP contribution in [0.3, 0.4) is 0 Å². The monoisotopic (exact) mass is 470 g/mol. The first-order valence-corrected chi connectivity index (χ1v) is 11.5. The number of halogens is 2. The number of benzene rings is 2. The van der Waals surface area contributed by atoms with Gasteiger partial charge < -0.3 is 10.1 Å². The van der Waals surface area contributed by atoms with Crippen LogP contribution in [-0.2, 0) is 14.8 Å². The molecule has 1 amide bonds. The van der Waals surface area contributed by atoms with E-state index in [1.165, 1.54) is 43.5 Å². The van der Waals surface area contributed by atoms with Crippen LogP contribution < -0.4 is 10.0 Å². The molecule has 10 heteroatoms. The van der Waals surface area contributed by atoms with E-state index in [4.69, 9.17) is 23.2 Å². The van der Waals surface area contributed by atoms with Gasteiger partial charge in [0.15, 0.2) is 0 Å². The second-order valence-corrected chi connectivity index (χ2v) is 9.39. The van der Waals surface area contributed by atoms with Crippen LogP contribution in [0.5, 0.6) is 0 Å². The Morgan fingerprint density at radius 3 is 2.27 bits per heavy atom. The van der Waals surface area contributed by atoms with Gasteiger partial charge in [0.2, 0.25) is 10.0 Å². The SMILES string of the molecule is COC(=O)c1ccc(NC(=O)c2cc(S(=O)(=O)NC3CCCC3)c(Cl)cc2Cl)cc1. The molecule has 0 saturated heterocycles. The van der Waals surface area contributed by atoms with E-state index in [0.29, 0.717) is 11.3 Å². The highest BCUT2D eigenvalue weighted by molar-refractivity contribution is 7.89. The lowest BCUT2D eigenvalue weighted by atomic mass is 10.2. The van der Waals surface area contributed by atoms with Crippen LogP contribution in [0.1, 0.15) is 46.4 Å². The largest absolute Gasteiger partial charge is 0.465 e. The number of sulfonamides is 1. The second kappa shape index (κ2) is 9.34. The van der Waals surface area contributed by atoms with Gasteiger partial charge in [0.25, 0.3) is 5.91 Å². The summed E-state index contributed by atoms with van der Waals surface area (Å²) in [5, 5.41) is 2.57. The highest BCUT2D eigenvalue weighted by atomic mass is 35.5. The summed E-state index contributed by atoms with van der Waals surface area (Å²) >= 11 is 12.3. The maximum atomic E-state index is 12.8. The third kappa shape index (κ3) is 5.13. The van der Waals surface area contributed by atoms with E-state index in [1.807, 2.05) is 0 Å². The standard InChI is InChI=1S/C20H20Cl2N2O5S/c1-29-20(26)12-6-8-13(9-7-12)23-19(25)15-10-18(17(22)11-16(15)21)30(27,28)24-14-4-2-3-5-14/h6-11,14,24H,2-5H2,1H3,(H,23,25). The molecule has 0 bridgehead atoms. The molecular formula is C20H20Cl2N2O5S. The van der Waals surface area contributed by atoms with Gasteiger partial charge in [-0.15, -0.1) is 0 Å². The number of nitrogens with one attached hydrogen (secondary N) is 2. The number of anilines is 1. The smallest absolute Gasteiger partial charge is 0.337 e. The van der Waals surface area contributed by atoms with Crippen LogP contribution in [0, 0.1) is 0 Å². The topological polar surface area (TPSA) is 102 Å². The van der Waals surface area contributed by atoms with Crippen LogP contribution in [0.4, 0.5) is 5.69 Å². The number of carbonyl (C=O) groups excluding carboxylic acids is 2. The summed E-state index contributed by atoms with van der Waals surface area (Å²) in [4.78, 5) is 24.0. The van der Waals surface area contributed by atoms with E-state index in [2.05, 4.69) is 14.8 Å². The first kappa shape index (κ1) is 22.6. The molecule has 1 aliphatic rings. The predicted octanol–water partition coefficient (Wildman–Crippen LogP) is 4.25. The summed E-state index contributed by atoms with van der Waals surface area (Å²) < 4.78 is 32.8. The summed E-state index contributed by atoms with van der Waals surface area (Å²) in [6.07, 6.45) is 3.45. The van der Waals surface area contributed by atoms with Crippen LogP contribution >= 0.6 is 23.2 Å². The Bertz CT molecular complexity index is 1070. The normalized spacial score (nSPS) is 14.5. The minimum absolute atomic E-state index is 0.0171. The van der Waals surface area contributed by atoms with Gasteiger partial charge in [-0.2, -0.15) is 0 Å². The number of methoxy groups -OCH3 is 1. The third-order valence-electron chi connectivity index (χ3n) is 4.80. The number of carbonyl (C=O) groups is 2. The zero-order chi connectivity index (χ0) is 21.9. The lowest BCUT2D eigenvalue weighted by Gasteiger charge is -2.15. The molecule has 3 rings (SSSR count). The van der Waals surface area contributed by atoms with Gasteiger partial charge in [-0.1, -0.05) is 36.0 Å². The minimum atomic E-state index is -3.91. The first-order chi connectivity index (χ1) is 14.2. The van der Waals surface area contributed by atoms with Crippen molar-refractivity contribution in [1.29, 1.82) is 0 Å². The van der Waals surface area contributed by atoms with Gasteiger partial charge in [0, 0.05) is 11.7 Å². The van der Waals surface area contributed by atoms with Crippen molar-refractivity contribution in [2.75, 3.05) is 12.4 Å². The lowest BCUT2D eigenvalue weighted by Crippen LogP contribution is -2.33. The molecule has 7 nitrogen and oxygen atoms in total. The van der Waals surface area contributed by atoms with Crippen molar-refractivity contribution >= 4 is 50.8 Å².